The molecule has 2 aromatic carbocycles. The molecule has 3 N–H and O–H groups in total. The molecule has 186 valence electrons. The van der Waals surface area contributed by atoms with Crippen LogP contribution in [0.15, 0.2) is 46.0 Å². The number of nitrogens with two attached hydrogens (primary N) is 1. The number of carbonyl (C=O) groups excluding carboxylic acids is 2. The van der Waals surface area contributed by atoms with E-state index in [0.717, 1.165) is 9.13 Å². The molecule has 0 aliphatic carbocycles. The summed E-state index contributed by atoms with van der Waals surface area (Å²) in [6.45, 7) is 0.532. The molecule has 0 saturated carbocycles. The monoisotopic (exact) mass is 484 g/mol. The molecule has 0 fully saturated rings. The number of nitrogens with zero attached hydrogens (tertiary/aromatic N) is 2. The number of hydrogen-bond acceptors (Lipinski definition) is 7. The van der Waals surface area contributed by atoms with Gasteiger partial charge in [0.1, 0.15) is 6.54 Å². The Morgan fingerprint density at radius 3 is 2.23 bits per heavy atom. The highest BCUT2D eigenvalue weighted by Gasteiger charge is 2.18. The highest BCUT2D eigenvalue weighted by atomic mass is 16.5. The molecule has 11 nitrogen and oxygen atoms in total. The van der Waals surface area contributed by atoms with Gasteiger partial charge in [-0.15, -0.1) is 0 Å². The number of methoxy groups -OCH3 is 3. The van der Waals surface area contributed by atoms with E-state index < -0.39 is 23.7 Å². The molecule has 35 heavy (non-hydrogen) atoms. The van der Waals surface area contributed by atoms with E-state index in [2.05, 4.69) is 5.32 Å². The van der Waals surface area contributed by atoms with Crippen LogP contribution in [-0.4, -0.2) is 55.4 Å². The maximum absolute atomic E-state index is 13.3. The summed E-state index contributed by atoms with van der Waals surface area (Å²) in [5, 5.41) is 2.96. The van der Waals surface area contributed by atoms with Gasteiger partial charge >= 0.3 is 5.69 Å². The summed E-state index contributed by atoms with van der Waals surface area (Å²) >= 11 is 0. The molecule has 0 atom stereocenters. The van der Waals surface area contributed by atoms with Crippen LogP contribution in [-0.2, 0) is 22.6 Å². The molecular weight excluding hydrogens is 456 g/mol. The first-order valence-corrected chi connectivity index (χ1v) is 10.8. The average molecular weight is 485 g/mol. The van der Waals surface area contributed by atoms with Crippen LogP contribution in [0.1, 0.15) is 22.3 Å². The molecule has 11 heteroatoms. The average Bonchev–Trinajstić information content (AvgIpc) is 2.86. The number of nitrogens with one attached hydrogen (secondary N) is 1. The van der Waals surface area contributed by atoms with Crippen LogP contribution >= 0.6 is 0 Å². The van der Waals surface area contributed by atoms with Gasteiger partial charge in [0.05, 0.1) is 31.7 Å². The number of primary amides is 1. The molecule has 1 heterocycles. The van der Waals surface area contributed by atoms with E-state index in [0.29, 0.717) is 42.2 Å². The molecule has 0 spiro atoms. The number of benzene rings is 2. The van der Waals surface area contributed by atoms with Crippen molar-refractivity contribution in [2.45, 2.75) is 19.5 Å². The molecule has 1 aromatic heterocycles. The normalized spacial score (nSPS) is 10.8. The fourth-order valence-corrected chi connectivity index (χ4v) is 3.66. The van der Waals surface area contributed by atoms with Crippen molar-refractivity contribution < 1.29 is 23.8 Å². The van der Waals surface area contributed by atoms with Gasteiger partial charge < -0.3 is 25.3 Å². The first-order valence-electron chi connectivity index (χ1n) is 10.8. The van der Waals surface area contributed by atoms with Gasteiger partial charge in [0.15, 0.2) is 11.5 Å². The quantitative estimate of drug-likeness (QED) is 0.377. The Hall–Kier alpha value is -4.12. The fourth-order valence-electron chi connectivity index (χ4n) is 3.66. The van der Waals surface area contributed by atoms with E-state index in [-0.39, 0.29) is 23.4 Å². The van der Waals surface area contributed by atoms with Crippen LogP contribution in [0, 0.1) is 0 Å². The van der Waals surface area contributed by atoms with Crippen LogP contribution in [0.2, 0.25) is 0 Å². The van der Waals surface area contributed by atoms with Crippen molar-refractivity contribution in [2.75, 3.05) is 34.5 Å². The van der Waals surface area contributed by atoms with Crippen molar-refractivity contribution in [2.24, 2.45) is 5.73 Å². The second-order valence-electron chi connectivity index (χ2n) is 7.75. The van der Waals surface area contributed by atoms with Crippen molar-refractivity contribution in [3.63, 3.8) is 0 Å². The minimum Gasteiger partial charge on any atom is -0.493 e. The lowest BCUT2D eigenvalue weighted by molar-refractivity contribution is -0.118. The van der Waals surface area contributed by atoms with Crippen LogP contribution in [0.4, 0.5) is 0 Å². The third kappa shape index (κ3) is 5.69. The Labute approximate surface area is 201 Å². The first kappa shape index (κ1) is 25.5. The van der Waals surface area contributed by atoms with Crippen LogP contribution < -0.4 is 31.8 Å². The minimum absolute atomic E-state index is 0.0730. The number of rotatable bonds is 11. The Bertz CT molecular complexity index is 1340. The number of ether oxygens (including phenoxy) is 3. The number of hydrogen-bond donors (Lipinski definition) is 2. The summed E-state index contributed by atoms with van der Waals surface area (Å²) in [4.78, 5) is 50.4. The molecule has 3 aromatic rings. The number of amides is 2. The summed E-state index contributed by atoms with van der Waals surface area (Å²) in [5.41, 5.74) is 5.36. The van der Waals surface area contributed by atoms with Gasteiger partial charge in [-0.05, 0) is 30.2 Å². The Morgan fingerprint density at radius 2 is 1.63 bits per heavy atom. The fraction of sp³-hybridized carbons (Fsp3) is 0.333. The van der Waals surface area contributed by atoms with E-state index in [1.165, 1.54) is 26.4 Å². The first-order chi connectivity index (χ1) is 16.8. The molecule has 3 rings (SSSR count). The maximum Gasteiger partial charge on any atom is 0.332 e. The van der Waals surface area contributed by atoms with E-state index in [1.54, 1.807) is 31.4 Å². The lowest BCUT2D eigenvalue weighted by Gasteiger charge is -2.15. The molecule has 0 aliphatic heterocycles. The minimum atomic E-state index is -0.741. The van der Waals surface area contributed by atoms with Gasteiger partial charge in [0, 0.05) is 31.9 Å². The van der Waals surface area contributed by atoms with E-state index in [1.807, 2.05) is 0 Å². The lowest BCUT2D eigenvalue weighted by Crippen LogP contribution is -2.42. The molecule has 2 amide bonds. The molecule has 0 bridgehead atoms. The summed E-state index contributed by atoms with van der Waals surface area (Å²) in [5.74, 6) is -0.380. The third-order valence-electron chi connectivity index (χ3n) is 5.41. The van der Waals surface area contributed by atoms with Crippen molar-refractivity contribution in [3.05, 3.63) is 68.4 Å². The predicted molar refractivity (Wildman–Crippen MR) is 129 cm³/mol. The van der Waals surface area contributed by atoms with E-state index in [4.69, 9.17) is 19.9 Å². The Kier molecular flexibility index (Phi) is 8.26. The second-order valence-corrected chi connectivity index (χ2v) is 7.75. The topological polar surface area (TPSA) is 144 Å². The summed E-state index contributed by atoms with van der Waals surface area (Å²) in [6, 6.07) is 9.47. The zero-order valence-corrected chi connectivity index (χ0v) is 19.8. The largest absolute Gasteiger partial charge is 0.493 e. The van der Waals surface area contributed by atoms with Crippen LogP contribution in [0.5, 0.6) is 11.5 Å². The highest BCUT2D eigenvalue weighted by molar-refractivity contribution is 5.94. The van der Waals surface area contributed by atoms with Gasteiger partial charge in [-0.25, -0.2) is 4.79 Å². The van der Waals surface area contributed by atoms with Gasteiger partial charge in [0.25, 0.3) is 11.5 Å². The molecule has 0 radical (unpaired) electrons. The number of aromatic nitrogens is 2. The zero-order valence-electron chi connectivity index (χ0n) is 19.8. The van der Waals surface area contributed by atoms with Gasteiger partial charge in [-0.3, -0.25) is 23.5 Å². The Morgan fingerprint density at radius 1 is 0.971 bits per heavy atom. The van der Waals surface area contributed by atoms with Crippen LogP contribution in [0.3, 0.4) is 0 Å². The highest BCUT2D eigenvalue weighted by Crippen LogP contribution is 2.30. The smallest absolute Gasteiger partial charge is 0.332 e. The SMILES string of the molecule is COCCCNC(=O)c1ccc(Cn2c(=O)c3cc(OC)c(OC)cc3n(CC(N)=O)c2=O)cc1. The maximum atomic E-state index is 13.3. The lowest BCUT2D eigenvalue weighted by atomic mass is 10.1. The van der Waals surface area contributed by atoms with Gasteiger partial charge in [0.2, 0.25) is 5.91 Å². The molecule has 0 aliphatic rings. The second kappa shape index (κ2) is 11.3. The van der Waals surface area contributed by atoms with Crippen molar-refractivity contribution in [1.29, 1.82) is 0 Å². The summed E-state index contributed by atoms with van der Waals surface area (Å²) in [7, 11) is 4.44. The summed E-state index contributed by atoms with van der Waals surface area (Å²) < 4.78 is 17.7. The predicted octanol–water partition coefficient (Wildman–Crippen LogP) is 0.480. The third-order valence-corrected chi connectivity index (χ3v) is 5.41. The Balaban J connectivity index is 1.99. The van der Waals surface area contributed by atoms with Crippen LogP contribution in [0.25, 0.3) is 10.9 Å². The van der Waals surface area contributed by atoms with E-state index in [9.17, 15) is 19.2 Å². The summed E-state index contributed by atoms with van der Waals surface area (Å²) in [6.07, 6.45) is 0.694. The number of carbonyl (C=O) groups is 2. The molecular formula is C24H28N4O7. The zero-order chi connectivity index (χ0) is 25.5. The standard InChI is InChI=1S/C24H28N4O7/c1-33-10-4-9-26-22(30)16-7-5-15(6-8-16)13-28-23(31)17-11-19(34-2)20(35-3)12-18(17)27(24(28)32)14-21(25)29/h5-8,11-12H,4,9-10,13-14H2,1-3H3,(H2,25,29)(H,26,30). The van der Waals surface area contributed by atoms with E-state index >= 15 is 0 Å². The number of fused-ring (bicyclic) bond motifs is 1. The molecule has 0 unspecified atom stereocenters. The van der Waals surface area contributed by atoms with Gasteiger partial charge in [-0.1, -0.05) is 12.1 Å². The molecule has 0 saturated heterocycles. The van der Waals surface area contributed by atoms with Crippen molar-refractivity contribution in [3.8, 4) is 11.5 Å². The van der Waals surface area contributed by atoms with Gasteiger partial charge in [-0.2, -0.15) is 0 Å². The van der Waals surface area contributed by atoms with Crippen molar-refractivity contribution >= 4 is 22.7 Å². The van der Waals surface area contributed by atoms with Crippen molar-refractivity contribution in [1.82, 2.24) is 14.5 Å².